The molecular formula is C18H29NO. The van der Waals surface area contributed by atoms with Crippen LogP contribution in [0, 0.1) is 0 Å². The summed E-state index contributed by atoms with van der Waals surface area (Å²) < 4.78 is 0. The van der Waals surface area contributed by atoms with E-state index in [4.69, 9.17) is 0 Å². The normalized spacial score (nSPS) is 12.8. The predicted molar refractivity (Wildman–Crippen MR) is 86.2 cm³/mol. The molecule has 1 aromatic carbocycles. The molecule has 0 aliphatic carbocycles. The Bertz CT molecular complexity index is 429. The first-order valence-electron chi connectivity index (χ1n) is 7.81. The van der Waals surface area contributed by atoms with Crippen LogP contribution in [-0.4, -0.2) is 22.9 Å². The van der Waals surface area contributed by atoms with E-state index in [1.165, 1.54) is 5.56 Å². The quantitative estimate of drug-likeness (QED) is 0.726. The molecular weight excluding hydrogens is 246 g/mol. The number of rotatable bonds is 6. The van der Waals surface area contributed by atoms with E-state index in [0.29, 0.717) is 5.92 Å². The van der Waals surface area contributed by atoms with Gasteiger partial charge in [-0.05, 0) is 51.7 Å². The fourth-order valence-electron chi connectivity index (χ4n) is 2.91. The van der Waals surface area contributed by atoms with Crippen molar-refractivity contribution in [2.75, 3.05) is 0 Å². The van der Waals surface area contributed by atoms with Gasteiger partial charge in [0.05, 0.1) is 0 Å². The number of nitrogens with zero attached hydrogens (tertiary/aromatic N) is 1. The molecule has 0 saturated heterocycles. The Hall–Kier alpha value is -1.31. The summed E-state index contributed by atoms with van der Waals surface area (Å²) in [7, 11) is 0. The fourth-order valence-corrected chi connectivity index (χ4v) is 2.91. The second-order valence-electron chi connectivity index (χ2n) is 6.18. The van der Waals surface area contributed by atoms with Crippen molar-refractivity contribution in [2.45, 2.75) is 72.4 Å². The zero-order valence-electron chi connectivity index (χ0n) is 13.8. The van der Waals surface area contributed by atoms with Crippen LogP contribution in [0.2, 0.25) is 0 Å². The zero-order valence-corrected chi connectivity index (χ0v) is 13.8. The molecule has 0 radical (unpaired) electrons. The molecule has 1 amide bonds. The lowest BCUT2D eigenvalue weighted by Crippen LogP contribution is -2.42. The van der Waals surface area contributed by atoms with Crippen molar-refractivity contribution in [3.63, 3.8) is 0 Å². The van der Waals surface area contributed by atoms with Crippen LogP contribution in [0.3, 0.4) is 0 Å². The Morgan fingerprint density at radius 1 is 1.05 bits per heavy atom. The molecule has 2 heteroatoms. The Kier molecular flexibility index (Phi) is 6.25. The number of carbonyl (C=O) groups is 1. The molecule has 112 valence electrons. The SMILES string of the molecule is CCC[C@H](C)c1ccccc1C(=O)N(C(C)C)C(C)C. The minimum atomic E-state index is 0.161. The monoisotopic (exact) mass is 275 g/mol. The first kappa shape index (κ1) is 16.7. The topological polar surface area (TPSA) is 20.3 Å². The van der Waals surface area contributed by atoms with Gasteiger partial charge in [0.2, 0.25) is 0 Å². The summed E-state index contributed by atoms with van der Waals surface area (Å²) in [5, 5.41) is 0. The maximum atomic E-state index is 12.9. The summed E-state index contributed by atoms with van der Waals surface area (Å²) in [6, 6.07) is 8.52. The highest BCUT2D eigenvalue weighted by Crippen LogP contribution is 2.26. The summed E-state index contributed by atoms with van der Waals surface area (Å²) in [4.78, 5) is 14.9. The molecule has 0 heterocycles. The Morgan fingerprint density at radius 2 is 1.60 bits per heavy atom. The Labute approximate surface area is 124 Å². The fraction of sp³-hybridized carbons (Fsp3) is 0.611. The van der Waals surface area contributed by atoms with Crippen LogP contribution in [-0.2, 0) is 0 Å². The number of hydrogen-bond acceptors (Lipinski definition) is 1. The van der Waals surface area contributed by atoms with Crippen LogP contribution in [0.4, 0.5) is 0 Å². The second-order valence-corrected chi connectivity index (χ2v) is 6.18. The molecule has 0 spiro atoms. The molecule has 1 rings (SSSR count). The van der Waals surface area contributed by atoms with E-state index in [1.54, 1.807) is 0 Å². The van der Waals surface area contributed by atoms with Crippen molar-refractivity contribution >= 4 is 5.91 Å². The minimum Gasteiger partial charge on any atom is -0.334 e. The largest absolute Gasteiger partial charge is 0.334 e. The van der Waals surface area contributed by atoms with Crippen LogP contribution in [0.25, 0.3) is 0 Å². The third-order valence-corrected chi connectivity index (χ3v) is 3.79. The molecule has 0 aliphatic rings. The molecule has 0 N–H and O–H groups in total. The smallest absolute Gasteiger partial charge is 0.254 e. The van der Waals surface area contributed by atoms with E-state index in [2.05, 4.69) is 47.6 Å². The summed E-state index contributed by atoms with van der Waals surface area (Å²) in [5.74, 6) is 0.592. The molecule has 1 aromatic rings. The number of carbonyl (C=O) groups excluding carboxylic acids is 1. The zero-order chi connectivity index (χ0) is 15.3. The van der Waals surface area contributed by atoms with Crippen LogP contribution in [0.5, 0.6) is 0 Å². The van der Waals surface area contributed by atoms with Crippen molar-refractivity contribution < 1.29 is 4.79 Å². The Morgan fingerprint density at radius 3 is 2.10 bits per heavy atom. The van der Waals surface area contributed by atoms with Crippen LogP contribution >= 0.6 is 0 Å². The highest BCUT2D eigenvalue weighted by molar-refractivity contribution is 5.96. The van der Waals surface area contributed by atoms with E-state index < -0.39 is 0 Å². The number of hydrogen-bond donors (Lipinski definition) is 0. The molecule has 1 atom stereocenters. The first-order chi connectivity index (χ1) is 9.40. The van der Waals surface area contributed by atoms with Gasteiger partial charge in [-0.15, -0.1) is 0 Å². The molecule has 0 aliphatic heterocycles. The van der Waals surface area contributed by atoms with Gasteiger partial charge in [-0.3, -0.25) is 4.79 Å². The van der Waals surface area contributed by atoms with E-state index in [-0.39, 0.29) is 18.0 Å². The number of amides is 1. The van der Waals surface area contributed by atoms with E-state index in [0.717, 1.165) is 18.4 Å². The lowest BCUT2D eigenvalue weighted by Gasteiger charge is -2.32. The third kappa shape index (κ3) is 3.84. The first-order valence-corrected chi connectivity index (χ1v) is 7.81. The van der Waals surface area contributed by atoms with Crippen molar-refractivity contribution in [3.05, 3.63) is 35.4 Å². The molecule has 20 heavy (non-hydrogen) atoms. The Balaban J connectivity index is 3.15. The average Bonchev–Trinajstić information content (AvgIpc) is 2.38. The number of benzene rings is 1. The van der Waals surface area contributed by atoms with Gasteiger partial charge in [0.1, 0.15) is 0 Å². The molecule has 0 aromatic heterocycles. The van der Waals surface area contributed by atoms with Crippen molar-refractivity contribution in [3.8, 4) is 0 Å². The summed E-state index contributed by atoms with van der Waals surface area (Å²) in [5.41, 5.74) is 2.06. The molecule has 0 unspecified atom stereocenters. The summed E-state index contributed by atoms with van der Waals surface area (Å²) in [6.45, 7) is 12.7. The van der Waals surface area contributed by atoms with E-state index >= 15 is 0 Å². The molecule has 0 saturated carbocycles. The van der Waals surface area contributed by atoms with Gasteiger partial charge in [-0.1, -0.05) is 38.5 Å². The van der Waals surface area contributed by atoms with Crippen LogP contribution in [0.1, 0.15) is 76.2 Å². The highest BCUT2D eigenvalue weighted by atomic mass is 16.2. The van der Waals surface area contributed by atoms with Gasteiger partial charge in [0, 0.05) is 17.6 Å². The average molecular weight is 275 g/mol. The van der Waals surface area contributed by atoms with Crippen LogP contribution in [0.15, 0.2) is 24.3 Å². The van der Waals surface area contributed by atoms with E-state index in [9.17, 15) is 4.79 Å². The van der Waals surface area contributed by atoms with Gasteiger partial charge < -0.3 is 4.90 Å². The maximum Gasteiger partial charge on any atom is 0.254 e. The maximum absolute atomic E-state index is 12.9. The van der Waals surface area contributed by atoms with Crippen LogP contribution < -0.4 is 0 Å². The van der Waals surface area contributed by atoms with Gasteiger partial charge in [-0.2, -0.15) is 0 Å². The van der Waals surface area contributed by atoms with Crippen molar-refractivity contribution in [1.82, 2.24) is 4.90 Å². The van der Waals surface area contributed by atoms with Gasteiger partial charge >= 0.3 is 0 Å². The standard InChI is InChI=1S/C18H29NO/c1-7-10-15(6)16-11-8-9-12-17(16)18(20)19(13(2)3)14(4)5/h8-9,11-15H,7,10H2,1-6H3/t15-/m0/s1. The molecule has 2 nitrogen and oxygen atoms in total. The van der Waals surface area contributed by atoms with Gasteiger partial charge in [-0.25, -0.2) is 0 Å². The van der Waals surface area contributed by atoms with E-state index in [1.807, 2.05) is 23.1 Å². The lowest BCUT2D eigenvalue weighted by atomic mass is 9.91. The lowest BCUT2D eigenvalue weighted by molar-refractivity contribution is 0.0642. The minimum absolute atomic E-state index is 0.161. The third-order valence-electron chi connectivity index (χ3n) is 3.79. The summed E-state index contributed by atoms with van der Waals surface area (Å²) >= 11 is 0. The van der Waals surface area contributed by atoms with Crippen molar-refractivity contribution in [2.24, 2.45) is 0 Å². The second kappa shape index (κ2) is 7.47. The predicted octanol–water partition coefficient (Wildman–Crippen LogP) is 4.85. The van der Waals surface area contributed by atoms with Gasteiger partial charge in [0.15, 0.2) is 0 Å². The summed E-state index contributed by atoms with van der Waals surface area (Å²) in [6.07, 6.45) is 2.26. The molecule has 0 bridgehead atoms. The van der Waals surface area contributed by atoms with Gasteiger partial charge in [0.25, 0.3) is 5.91 Å². The molecule has 0 fully saturated rings. The highest BCUT2D eigenvalue weighted by Gasteiger charge is 2.24. The van der Waals surface area contributed by atoms with Crippen molar-refractivity contribution in [1.29, 1.82) is 0 Å².